The number of nitrogens with zero attached hydrogens (tertiary/aromatic N) is 2. The van der Waals surface area contributed by atoms with E-state index in [2.05, 4.69) is 15.9 Å². The van der Waals surface area contributed by atoms with Gasteiger partial charge in [-0.1, -0.05) is 27.5 Å². The van der Waals surface area contributed by atoms with E-state index in [4.69, 9.17) is 16.3 Å². The standard InChI is InChI=1S/C15H18BrClN2O4S/c16-11-3-4-14(12(17)10-11)24(21,22)19-5-1-2-13(19)15(20)18-6-8-23-9-7-18/h3-4,10,13H,1-2,5-9H2/t13-/m1/s1. The van der Waals surface area contributed by atoms with Crippen LogP contribution in [0.5, 0.6) is 0 Å². The maximum atomic E-state index is 13.0. The van der Waals surface area contributed by atoms with E-state index in [9.17, 15) is 13.2 Å². The second-order valence-corrected chi connectivity index (χ2v) is 8.97. The van der Waals surface area contributed by atoms with Crippen molar-refractivity contribution in [1.82, 2.24) is 9.21 Å². The third kappa shape index (κ3) is 3.48. The lowest BCUT2D eigenvalue weighted by molar-refractivity contribution is -0.138. The summed E-state index contributed by atoms with van der Waals surface area (Å²) in [4.78, 5) is 14.5. The van der Waals surface area contributed by atoms with Gasteiger partial charge in [0.05, 0.1) is 18.2 Å². The first kappa shape index (κ1) is 18.1. The molecule has 3 rings (SSSR count). The molecule has 2 fully saturated rings. The first-order chi connectivity index (χ1) is 11.4. The number of benzene rings is 1. The van der Waals surface area contributed by atoms with Crippen LogP contribution in [0.25, 0.3) is 0 Å². The van der Waals surface area contributed by atoms with Crippen molar-refractivity contribution in [2.45, 2.75) is 23.8 Å². The van der Waals surface area contributed by atoms with Gasteiger partial charge >= 0.3 is 0 Å². The Morgan fingerprint density at radius 2 is 1.96 bits per heavy atom. The van der Waals surface area contributed by atoms with Crippen molar-refractivity contribution in [2.75, 3.05) is 32.8 Å². The highest BCUT2D eigenvalue weighted by Crippen LogP contribution is 2.32. The van der Waals surface area contributed by atoms with Gasteiger partial charge in [0.15, 0.2) is 0 Å². The fraction of sp³-hybridized carbons (Fsp3) is 0.533. The van der Waals surface area contributed by atoms with Crippen molar-refractivity contribution in [3.8, 4) is 0 Å². The van der Waals surface area contributed by atoms with Crippen molar-refractivity contribution in [2.24, 2.45) is 0 Å². The van der Waals surface area contributed by atoms with Crippen LogP contribution in [-0.2, 0) is 19.6 Å². The molecule has 2 aliphatic heterocycles. The zero-order valence-electron chi connectivity index (χ0n) is 13.0. The van der Waals surface area contributed by atoms with Crippen molar-refractivity contribution in [3.05, 3.63) is 27.7 Å². The lowest BCUT2D eigenvalue weighted by Crippen LogP contribution is -2.51. The average Bonchev–Trinajstić information content (AvgIpc) is 3.05. The first-order valence-electron chi connectivity index (χ1n) is 7.74. The van der Waals surface area contributed by atoms with Crippen molar-refractivity contribution in [3.63, 3.8) is 0 Å². The molecule has 0 saturated carbocycles. The van der Waals surface area contributed by atoms with E-state index in [-0.39, 0.29) is 15.8 Å². The van der Waals surface area contributed by atoms with E-state index in [1.807, 2.05) is 0 Å². The van der Waals surface area contributed by atoms with Crippen LogP contribution in [0.2, 0.25) is 5.02 Å². The lowest BCUT2D eigenvalue weighted by Gasteiger charge is -2.32. The van der Waals surface area contributed by atoms with E-state index in [0.29, 0.717) is 50.2 Å². The van der Waals surface area contributed by atoms with Crippen LogP contribution in [0.3, 0.4) is 0 Å². The molecule has 132 valence electrons. The summed E-state index contributed by atoms with van der Waals surface area (Å²) in [6.45, 7) is 2.31. The molecule has 9 heteroatoms. The van der Waals surface area contributed by atoms with Crippen LogP contribution < -0.4 is 0 Å². The fourth-order valence-electron chi connectivity index (χ4n) is 3.08. The second-order valence-electron chi connectivity index (χ2n) is 5.79. The first-order valence-corrected chi connectivity index (χ1v) is 10.4. The monoisotopic (exact) mass is 436 g/mol. The van der Waals surface area contributed by atoms with Gasteiger partial charge in [-0.15, -0.1) is 0 Å². The number of rotatable bonds is 3. The molecule has 0 aromatic heterocycles. The number of ether oxygens (including phenoxy) is 1. The van der Waals surface area contributed by atoms with E-state index in [1.165, 1.54) is 10.4 Å². The van der Waals surface area contributed by atoms with Crippen LogP contribution >= 0.6 is 27.5 Å². The van der Waals surface area contributed by atoms with E-state index in [0.717, 1.165) is 0 Å². The SMILES string of the molecule is O=C([C@H]1CCCN1S(=O)(=O)c1ccc(Br)cc1Cl)N1CCOCC1. The van der Waals surface area contributed by atoms with Gasteiger partial charge in [-0.3, -0.25) is 4.79 Å². The van der Waals surface area contributed by atoms with Crippen molar-refractivity contribution < 1.29 is 17.9 Å². The summed E-state index contributed by atoms with van der Waals surface area (Å²) < 4.78 is 33.2. The summed E-state index contributed by atoms with van der Waals surface area (Å²) in [7, 11) is -3.82. The molecule has 2 heterocycles. The third-order valence-corrected chi connectivity index (χ3v) is 7.18. The molecule has 0 unspecified atom stereocenters. The smallest absolute Gasteiger partial charge is 0.245 e. The van der Waals surface area contributed by atoms with Gasteiger partial charge in [-0.2, -0.15) is 4.31 Å². The minimum atomic E-state index is -3.82. The molecular formula is C15H18BrClN2O4S. The second kappa shape index (κ2) is 7.29. The number of carbonyl (C=O) groups excluding carboxylic acids is 1. The topological polar surface area (TPSA) is 66.9 Å². The van der Waals surface area contributed by atoms with Gasteiger partial charge in [0.1, 0.15) is 10.9 Å². The normalized spacial score (nSPS) is 22.8. The number of morpholine rings is 1. The van der Waals surface area contributed by atoms with Crippen LogP contribution in [0.4, 0.5) is 0 Å². The largest absolute Gasteiger partial charge is 0.378 e. The number of hydrogen-bond acceptors (Lipinski definition) is 4. The van der Waals surface area contributed by atoms with Gasteiger partial charge in [-0.05, 0) is 31.0 Å². The molecule has 2 saturated heterocycles. The molecule has 0 radical (unpaired) electrons. The van der Waals surface area contributed by atoms with Gasteiger partial charge in [0.2, 0.25) is 15.9 Å². The summed E-state index contributed by atoms with van der Waals surface area (Å²) in [5.74, 6) is -0.146. The van der Waals surface area contributed by atoms with Gasteiger partial charge in [0.25, 0.3) is 0 Å². The molecule has 0 aliphatic carbocycles. The van der Waals surface area contributed by atoms with E-state index < -0.39 is 16.1 Å². The van der Waals surface area contributed by atoms with Gasteiger partial charge in [0, 0.05) is 24.1 Å². The molecule has 1 atom stereocenters. The molecule has 1 aromatic rings. The fourth-order valence-corrected chi connectivity index (χ4v) is 5.74. The maximum absolute atomic E-state index is 13.0. The molecule has 24 heavy (non-hydrogen) atoms. The Kier molecular flexibility index (Phi) is 5.51. The highest BCUT2D eigenvalue weighted by atomic mass is 79.9. The predicted octanol–water partition coefficient (Wildman–Crippen LogP) is 2.11. The molecule has 1 amide bonds. The molecule has 1 aromatic carbocycles. The van der Waals surface area contributed by atoms with Crippen LogP contribution in [0, 0.1) is 0 Å². The van der Waals surface area contributed by atoms with Gasteiger partial charge in [-0.25, -0.2) is 8.42 Å². The molecule has 0 spiro atoms. The Balaban J connectivity index is 1.87. The molecule has 0 N–H and O–H groups in total. The Bertz CT molecular complexity index is 737. The van der Waals surface area contributed by atoms with Crippen LogP contribution in [-0.4, -0.2) is 62.4 Å². The highest BCUT2D eigenvalue weighted by Gasteiger charge is 2.42. The summed E-state index contributed by atoms with van der Waals surface area (Å²) in [5.41, 5.74) is 0. The maximum Gasteiger partial charge on any atom is 0.245 e. The summed E-state index contributed by atoms with van der Waals surface area (Å²) in [6.07, 6.45) is 1.19. The van der Waals surface area contributed by atoms with Crippen LogP contribution in [0.15, 0.2) is 27.6 Å². The quantitative estimate of drug-likeness (QED) is 0.726. The number of hydrogen-bond donors (Lipinski definition) is 0. The number of amides is 1. The molecular weight excluding hydrogens is 420 g/mol. The summed E-state index contributed by atoms with van der Waals surface area (Å²) >= 11 is 9.39. The Morgan fingerprint density at radius 1 is 1.25 bits per heavy atom. The zero-order valence-corrected chi connectivity index (χ0v) is 16.1. The molecule has 0 bridgehead atoms. The zero-order chi connectivity index (χ0) is 17.3. The number of sulfonamides is 1. The Morgan fingerprint density at radius 3 is 2.62 bits per heavy atom. The highest BCUT2D eigenvalue weighted by molar-refractivity contribution is 9.10. The summed E-state index contributed by atoms with van der Waals surface area (Å²) in [5, 5.41) is 0.147. The predicted molar refractivity (Wildman–Crippen MR) is 93.5 cm³/mol. The minimum Gasteiger partial charge on any atom is -0.378 e. The molecule has 6 nitrogen and oxygen atoms in total. The van der Waals surface area contributed by atoms with Crippen molar-refractivity contribution >= 4 is 43.5 Å². The van der Waals surface area contributed by atoms with Crippen LogP contribution in [0.1, 0.15) is 12.8 Å². The third-order valence-electron chi connectivity index (χ3n) is 4.29. The van der Waals surface area contributed by atoms with Crippen molar-refractivity contribution in [1.29, 1.82) is 0 Å². The minimum absolute atomic E-state index is 0.0362. The number of halogens is 2. The van der Waals surface area contributed by atoms with E-state index in [1.54, 1.807) is 17.0 Å². The molecule has 2 aliphatic rings. The number of carbonyl (C=O) groups is 1. The van der Waals surface area contributed by atoms with E-state index >= 15 is 0 Å². The Hall–Kier alpha value is -0.670. The lowest BCUT2D eigenvalue weighted by atomic mass is 10.2. The van der Waals surface area contributed by atoms with Gasteiger partial charge < -0.3 is 9.64 Å². The average molecular weight is 438 g/mol. The Labute approximate surface area is 154 Å². The summed E-state index contributed by atoms with van der Waals surface area (Å²) in [6, 6.07) is 3.99.